The molecule has 0 saturated heterocycles. The van der Waals surface area contributed by atoms with Crippen LogP contribution >= 0.6 is 0 Å². The molecular formula is C14H16N4O3. The summed E-state index contributed by atoms with van der Waals surface area (Å²) in [5.41, 5.74) is 0.853. The Bertz CT molecular complexity index is 697. The fraction of sp³-hybridized carbons (Fsp3) is 0.214. The van der Waals surface area contributed by atoms with Crippen molar-refractivity contribution in [1.82, 2.24) is 9.78 Å². The summed E-state index contributed by atoms with van der Waals surface area (Å²) in [7, 11) is 3.24. The Hall–Kier alpha value is -2.83. The van der Waals surface area contributed by atoms with Gasteiger partial charge >= 0.3 is 0 Å². The molecule has 7 nitrogen and oxygen atoms in total. The second-order valence-corrected chi connectivity index (χ2v) is 4.27. The fourth-order valence-electron chi connectivity index (χ4n) is 1.73. The molecule has 0 radical (unpaired) electrons. The van der Waals surface area contributed by atoms with Crippen molar-refractivity contribution in [2.45, 2.75) is 6.54 Å². The minimum Gasteiger partial charge on any atom is -0.497 e. The first-order valence-electron chi connectivity index (χ1n) is 6.31. The Labute approximate surface area is 121 Å². The van der Waals surface area contributed by atoms with Gasteiger partial charge in [0.2, 0.25) is 5.91 Å². The quantitative estimate of drug-likeness (QED) is 0.855. The van der Waals surface area contributed by atoms with E-state index in [9.17, 15) is 9.59 Å². The number of amides is 1. The minimum absolute atomic E-state index is 0.153. The first-order chi connectivity index (χ1) is 10.1. The number of hydrogen-bond acceptors (Lipinski definition) is 5. The van der Waals surface area contributed by atoms with Crippen LogP contribution in [0.15, 0.2) is 41.3 Å². The summed E-state index contributed by atoms with van der Waals surface area (Å²) >= 11 is 0. The molecule has 1 heterocycles. The Morgan fingerprint density at radius 3 is 2.81 bits per heavy atom. The number of carbonyl (C=O) groups excluding carboxylic acids is 1. The van der Waals surface area contributed by atoms with E-state index in [-0.39, 0.29) is 18.0 Å². The number of rotatable bonds is 5. The van der Waals surface area contributed by atoms with E-state index >= 15 is 0 Å². The summed E-state index contributed by atoms with van der Waals surface area (Å²) in [6.07, 6.45) is 1.49. The molecule has 0 aliphatic rings. The number of carbonyl (C=O) groups is 1. The van der Waals surface area contributed by atoms with Crippen molar-refractivity contribution in [3.63, 3.8) is 0 Å². The monoisotopic (exact) mass is 288 g/mol. The van der Waals surface area contributed by atoms with Crippen molar-refractivity contribution in [1.29, 1.82) is 0 Å². The van der Waals surface area contributed by atoms with Crippen LogP contribution in [0.2, 0.25) is 0 Å². The molecule has 0 aliphatic heterocycles. The van der Waals surface area contributed by atoms with Crippen LogP contribution in [0.1, 0.15) is 0 Å². The van der Waals surface area contributed by atoms with Gasteiger partial charge in [0.25, 0.3) is 5.56 Å². The van der Waals surface area contributed by atoms with Crippen LogP contribution in [0.25, 0.3) is 0 Å². The van der Waals surface area contributed by atoms with Gasteiger partial charge in [0, 0.05) is 24.9 Å². The minimum atomic E-state index is -0.345. The van der Waals surface area contributed by atoms with Crippen molar-refractivity contribution < 1.29 is 9.53 Å². The highest BCUT2D eigenvalue weighted by Gasteiger charge is 2.07. The summed E-state index contributed by atoms with van der Waals surface area (Å²) < 4.78 is 6.17. The van der Waals surface area contributed by atoms with Gasteiger partial charge in [-0.25, -0.2) is 4.68 Å². The third-order valence-corrected chi connectivity index (χ3v) is 2.81. The van der Waals surface area contributed by atoms with Crippen molar-refractivity contribution in [3.05, 3.63) is 46.9 Å². The normalized spacial score (nSPS) is 10.0. The maximum Gasteiger partial charge on any atom is 0.269 e. The summed E-state index contributed by atoms with van der Waals surface area (Å²) in [5, 5.41) is 9.42. The van der Waals surface area contributed by atoms with Crippen molar-refractivity contribution in [2.24, 2.45) is 0 Å². The average molecular weight is 288 g/mol. The number of methoxy groups -OCH3 is 1. The third kappa shape index (κ3) is 3.82. The van der Waals surface area contributed by atoms with Crippen LogP contribution < -0.4 is 20.9 Å². The van der Waals surface area contributed by atoms with Gasteiger partial charge in [-0.15, -0.1) is 0 Å². The van der Waals surface area contributed by atoms with Crippen molar-refractivity contribution >= 4 is 17.3 Å². The maximum absolute atomic E-state index is 11.9. The van der Waals surface area contributed by atoms with E-state index in [0.29, 0.717) is 17.1 Å². The largest absolute Gasteiger partial charge is 0.497 e. The van der Waals surface area contributed by atoms with Gasteiger partial charge in [0.1, 0.15) is 12.3 Å². The Balaban J connectivity index is 2.06. The molecule has 1 aromatic carbocycles. The Morgan fingerprint density at radius 2 is 2.14 bits per heavy atom. The number of benzene rings is 1. The van der Waals surface area contributed by atoms with E-state index < -0.39 is 0 Å². The van der Waals surface area contributed by atoms with E-state index in [2.05, 4.69) is 15.7 Å². The zero-order chi connectivity index (χ0) is 15.2. The van der Waals surface area contributed by atoms with Gasteiger partial charge in [-0.05, 0) is 12.1 Å². The van der Waals surface area contributed by atoms with Crippen molar-refractivity contribution in [2.75, 3.05) is 24.8 Å². The highest BCUT2D eigenvalue weighted by Crippen LogP contribution is 2.16. The standard InChI is InChI=1S/C14H16N4O3/c1-15-11-7-14(20)18(16-8-11)9-13(19)17-10-4-3-5-12(6-10)21-2/h3-8,15H,9H2,1-2H3,(H,17,19). The van der Waals surface area contributed by atoms with Gasteiger partial charge in [0.15, 0.2) is 0 Å². The van der Waals surface area contributed by atoms with E-state index in [4.69, 9.17) is 4.74 Å². The SMILES string of the molecule is CNc1cnn(CC(=O)Nc2cccc(OC)c2)c(=O)c1. The predicted octanol–water partition coefficient (Wildman–Crippen LogP) is 0.932. The van der Waals surface area contributed by atoms with Crippen LogP contribution in [0.4, 0.5) is 11.4 Å². The van der Waals surface area contributed by atoms with E-state index in [0.717, 1.165) is 4.68 Å². The second-order valence-electron chi connectivity index (χ2n) is 4.27. The molecule has 0 bridgehead atoms. The van der Waals surface area contributed by atoms with Gasteiger partial charge in [0.05, 0.1) is 19.0 Å². The maximum atomic E-state index is 11.9. The summed E-state index contributed by atoms with van der Waals surface area (Å²) in [4.78, 5) is 23.7. The van der Waals surface area contributed by atoms with E-state index in [1.54, 1.807) is 38.4 Å². The van der Waals surface area contributed by atoms with E-state index in [1.807, 2.05) is 0 Å². The van der Waals surface area contributed by atoms with E-state index in [1.165, 1.54) is 12.3 Å². The lowest BCUT2D eigenvalue weighted by atomic mass is 10.3. The smallest absolute Gasteiger partial charge is 0.269 e. The lowest BCUT2D eigenvalue weighted by Crippen LogP contribution is -2.29. The highest BCUT2D eigenvalue weighted by molar-refractivity contribution is 5.90. The zero-order valence-corrected chi connectivity index (χ0v) is 11.8. The van der Waals surface area contributed by atoms with Crippen molar-refractivity contribution in [3.8, 4) is 5.75 Å². The molecule has 0 unspecified atom stereocenters. The first-order valence-corrected chi connectivity index (χ1v) is 6.31. The molecule has 2 N–H and O–H groups in total. The highest BCUT2D eigenvalue weighted by atomic mass is 16.5. The molecular weight excluding hydrogens is 272 g/mol. The van der Waals surface area contributed by atoms with Crippen LogP contribution in [-0.4, -0.2) is 29.8 Å². The van der Waals surface area contributed by atoms with Gasteiger partial charge in [-0.2, -0.15) is 5.10 Å². The first kappa shape index (κ1) is 14.6. The van der Waals surface area contributed by atoms with Crippen LogP contribution in [-0.2, 0) is 11.3 Å². The Morgan fingerprint density at radius 1 is 1.33 bits per heavy atom. The molecule has 0 aliphatic carbocycles. The van der Waals surface area contributed by atoms with Gasteiger partial charge < -0.3 is 15.4 Å². The van der Waals surface area contributed by atoms with Crippen LogP contribution in [0.5, 0.6) is 5.75 Å². The number of nitrogens with one attached hydrogen (secondary N) is 2. The molecule has 0 fully saturated rings. The van der Waals surface area contributed by atoms with Gasteiger partial charge in [-0.3, -0.25) is 9.59 Å². The summed E-state index contributed by atoms with van der Waals surface area (Å²) in [5.74, 6) is 0.302. The molecule has 110 valence electrons. The average Bonchev–Trinajstić information content (AvgIpc) is 2.49. The molecule has 2 rings (SSSR count). The molecule has 0 atom stereocenters. The molecule has 21 heavy (non-hydrogen) atoms. The molecule has 1 aromatic heterocycles. The fourth-order valence-corrected chi connectivity index (χ4v) is 1.73. The molecule has 7 heteroatoms. The van der Waals surface area contributed by atoms with Crippen LogP contribution in [0.3, 0.4) is 0 Å². The second kappa shape index (κ2) is 6.56. The number of ether oxygens (including phenoxy) is 1. The third-order valence-electron chi connectivity index (χ3n) is 2.81. The molecule has 2 aromatic rings. The number of hydrogen-bond donors (Lipinski definition) is 2. The predicted molar refractivity (Wildman–Crippen MR) is 79.7 cm³/mol. The molecule has 0 spiro atoms. The number of nitrogens with zero attached hydrogens (tertiary/aromatic N) is 2. The molecule has 1 amide bonds. The summed E-state index contributed by atoms with van der Waals surface area (Å²) in [6, 6.07) is 8.35. The zero-order valence-electron chi connectivity index (χ0n) is 11.8. The van der Waals surface area contributed by atoms with Gasteiger partial charge in [-0.1, -0.05) is 6.07 Å². The number of anilines is 2. The summed E-state index contributed by atoms with van der Waals surface area (Å²) in [6.45, 7) is -0.153. The lowest BCUT2D eigenvalue weighted by molar-refractivity contribution is -0.117. The number of aromatic nitrogens is 2. The molecule has 0 saturated carbocycles. The topological polar surface area (TPSA) is 85.2 Å². The van der Waals surface area contributed by atoms with Crippen LogP contribution in [0, 0.1) is 0 Å². The lowest BCUT2D eigenvalue weighted by Gasteiger charge is -2.08. The Kier molecular flexibility index (Phi) is 4.55.